The Balaban J connectivity index is 3.90. The van der Waals surface area contributed by atoms with Crippen LogP contribution in [-0.4, -0.2) is 36.0 Å². The van der Waals surface area contributed by atoms with Gasteiger partial charge in [-0.3, -0.25) is 14.4 Å². The number of aliphatic carboxylic acids is 1. The van der Waals surface area contributed by atoms with Crippen LogP contribution >= 0.6 is 0 Å². The molecule has 0 fully saturated rings. The summed E-state index contributed by atoms with van der Waals surface area (Å²) in [7, 11) is 0. The molecule has 0 aliphatic carbocycles. The average molecular weight is 286 g/mol. The number of hydrogen-bond acceptors (Lipinski definition) is 3. The summed E-state index contributed by atoms with van der Waals surface area (Å²) in [6.07, 6.45) is 1.56. The van der Waals surface area contributed by atoms with Gasteiger partial charge in [0.15, 0.2) is 0 Å². The highest BCUT2D eigenvalue weighted by Crippen LogP contribution is 2.11. The zero-order valence-corrected chi connectivity index (χ0v) is 12.6. The highest BCUT2D eigenvalue weighted by atomic mass is 16.4. The summed E-state index contributed by atoms with van der Waals surface area (Å²) in [5.74, 6) is -1.44. The highest BCUT2D eigenvalue weighted by Gasteiger charge is 2.19. The molecule has 6 heteroatoms. The van der Waals surface area contributed by atoms with E-state index in [4.69, 9.17) is 5.11 Å². The number of hydrogen-bond donors (Lipinski definition) is 3. The number of carbonyl (C=O) groups is 3. The van der Waals surface area contributed by atoms with E-state index in [2.05, 4.69) is 10.6 Å². The topological polar surface area (TPSA) is 95.5 Å². The average Bonchev–Trinajstić information content (AvgIpc) is 2.34. The van der Waals surface area contributed by atoms with Crippen LogP contribution in [0.3, 0.4) is 0 Å². The van der Waals surface area contributed by atoms with Crippen molar-refractivity contribution in [3.63, 3.8) is 0 Å². The molecule has 0 rings (SSSR count). The molecule has 3 N–H and O–H groups in total. The van der Waals surface area contributed by atoms with E-state index in [1.807, 2.05) is 20.8 Å². The molecule has 1 atom stereocenters. The highest BCUT2D eigenvalue weighted by molar-refractivity contribution is 5.79. The smallest absolute Gasteiger partial charge is 0.308 e. The summed E-state index contributed by atoms with van der Waals surface area (Å²) in [5, 5.41) is 14.3. The molecule has 0 aromatic carbocycles. The molecule has 0 spiro atoms. The molecule has 0 saturated carbocycles. The van der Waals surface area contributed by atoms with Crippen LogP contribution in [0.1, 0.15) is 46.5 Å². The monoisotopic (exact) mass is 286 g/mol. The fraction of sp³-hybridized carbons (Fsp3) is 0.786. The Morgan fingerprint density at radius 2 is 1.60 bits per heavy atom. The van der Waals surface area contributed by atoms with Gasteiger partial charge < -0.3 is 15.7 Å². The van der Waals surface area contributed by atoms with Crippen molar-refractivity contribution >= 4 is 17.8 Å². The number of carboxylic acid groups (broad SMARTS) is 1. The van der Waals surface area contributed by atoms with Gasteiger partial charge in [-0.1, -0.05) is 13.8 Å². The summed E-state index contributed by atoms with van der Waals surface area (Å²) < 4.78 is 0. The second-order valence-electron chi connectivity index (χ2n) is 5.28. The van der Waals surface area contributed by atoms with Crippen molar-refractivity contribution < 1.29 is 19.5 Å². The normalized spacial score (nSPS) is 12.0. The maximum atomic E-state index is 11.6. The van der Waals surface area contributed by atoms with Crippen LogP contribution in [0, 0.1) is 11.8 Å². The van der Waals surface area contributed by atoms with Crippen molar-refractivity contribution in [3.8, 4) is 0 Å². The number of nitrogens with one attached hydrogen (secondary N) is 2. The van der Waals surface area contributed by atoms with Crippen molar-refractivity contribution in [3.05, 3.63) is 0 Å². The van der Waals surface area contributed by atoms with E-state index >= 15 is 0 Å². The quantitative estimate of drug-likeness (QED) is 0.561. The molecule has 0 bridgehead atoms. The SMILES string of the molecule is CCNC(=O)CCCC(=O)NCC(CC(C)C)C(=O)O. The maximum Gasteiger partial charge on any atom is 0.308 e. The lowest BCUT2D eigenvalue weighted by Gasteiger charge is -2.15. The Kier molecular flexibility index (Phi) is 9.41. The molecule has 6 nitrogen and oxygen atoms in total. The van der Waals surface area contributed by atoms with Gasteiger partial charge in [0, 0.05) is 25.9 Å². The number of rotatable bonds is 10. The molecule has 0 aromatic heterocycles. The molecule has 20 heavy (non-hydrogen) atoms. The number of amides is 2. The molecular formula is C14H26N2O4. The van der Waals surface area contributed by atoms with Crippen LogP contribution in [-0.2, 0) is 14.4 Å². The van der Waals surface area contributed by atoms with Gasteiger partial charge in [0.05, 0.1) is 5.92 Å². The summed E-state index contributed by atoms with van der Waals surface area (Å²) in [4.78, 5) is 33.8. The largest absolute Gasteiger partial charge is 0.481 e. The van der Waals surface area contributed by atoms with Gasteiger partial charge in [0.25, 0.3) is 0 Å². The third-order valence-corrected chi connectivity index (χ3v) is 2.83. The molecule has 0 aliphatic heterocycles. The van der Waals surface area contributed by atoms with E-state index in [-0.39, 0.29) is 30.7 Å². The molecule has 1 unspecified atom stereocenters. The van der Waals surface area contributed by atoms with Crippen LogP contribution in [0.4, 0.5) is 0 Å². The van der Waals surface area contributed by atoms with E-state index in [9.17, 15) is 14.4 Å². The van der Waals surface area contributed by atoms with E-state index in [1.165, 1.54) is 0 Å². The number of carboxylic acids is 1. The van der Waals surface area contributed by atoms with E-state index in [0.717, 1.165) is 0 Å². The van der Waals surface area contributed by atoms with Gasteiger partial charge in [0.1, 0.15) is 0 Å². The summed E-state index contributed by atoms with van der Waals surface area (Å²) in [6, 6.07) is 0. The zero-order valence-electron chi connectivity index (χ0n) is 12.6. The first-order chi connectivity index (χ1) is 9.36. The summed E-state index contributed by atoms with van der Waals surface area (Å²) in [5.41, 5.74) is 0. The minimum absolute atomic E-state index is 0.0662. The van der Waals surface area contributed by atoms with Gasteiger partial charge in [-0.2, -0.15) is 0 Å². The summed E-state index contributed by atoms with van der Waals surface area (Å²) >= 11 is 0. The molecule has 0 heterocycles. The molecule has 116 valence electrons. The zero-order chi connectivity index (χ0) is 15.5. The Bertz CT molecular complexity index is 329. The third-order valence-electron chi connectivity index (χ3n) is 2.83. The third kappa shape index (κ3) is 9.35. The predicted octanol–water partition coefficient (Wildman–Crippen LogP) is 1.16. The maximum absolute atomic E-state index is 11.6. The minimum atomic E-state index is -0.888. The van der Waals surface area contributed by atoms with Crippen LogP contribution in [0.5, 0.6) is 0 Å². The Morgan fingerprint density at radius 3 is 2.05 bits per heavy atom. The van der Waals surface area contributed by atoms with Crippen LogP contribution in [0.25, 0.3) is 0 Å². The second-order valence-corrected chi connectivity index (χ2v) is 5.28. The van der Waals surface area contributed by atoms with Gasteiger partial charge in [-0.25, -0.2) is 0 Å². The predicted molar refractivity (Wildman–Crippen MR) is 76.1 cm³/mol. The van der Waals surface area contributed by atoms with E-state index in [1.54, 1.807) is 0 Å². The van der Waals surface area contributed by atoms with E-state index in [0.29, 0.717) is 25.8 Å². The van der Waals surface area contributed by atoms with Crippen LogP contribution in [0.2, 0.25) is 0 Å². The lowest BCUT2D eigenvalue weighted by atomic mass is 9.97. The summed E-state index contributed by atoms with van der Waals surface area (Å²) in [6.45, 7) is 6.47. The molecule has 0 aromatic rings. The lowest BCUT2D eigenvalue weighted by molar-refractivity contribution is -0.142. The molecule has 2 amide bonds. The Morgan fingerprint density at radius 1 is 1.05 bits per heavy atom. The van der Waals surface area contributed by atoms with Gasteiger partial charge in [-0.05, 0) is 25.7 Å². The molecule has 0 radical (unpaired) electrons. The van der Waals surface area contributed by atoms with Crippen molar-refractivity contribution in [2.45, 2.75) is 46.5 Å². The van der Waals surface area contributed by atoms with Crippen molar-refractivity contribution in [1.29, 1.82) is 0 Å². The molecular weight excluding hydrogens is 260 g/mol. The van der Waals surface area contributed by atoms with Gasteiger partial charge >= 0.3 is 5.97 Å². The van der Waals surface area contributed by atoms with Crippen LogP contribution in [0.15, 0.2) is 0 Å². The van der Waals surface area contributed by atoms with E-state index < -0.39 is 11.9 Å². The molecule has 0 saturated heterocycles. The van der Waals surface area contributed by atoms with Gasteiger partial charge in [-0.15, -0.1) is 0 Å². The van der Waals surface area contributed by atoms with Crippen molar-refractivity contribution in [1.82, 2.24) is 10.6 Å². The van der Waals surface area contributed by atoms with Crippen molar-refractivity contribution in [2.24, 2.45) is 11.8 Å². The molecule has 0 aliphatic rings. The van der Waals surface area contributed by atoms with Gasteiger partial charge in [0.2, 0.25) is 11.8 Å². The first kappa shape index (κ1) is 18.4. The fourth-order valence-electron chi connectivity index (χ4n) is 1.86. The lowest BCUT2D eigenvalue weighted by Crippen LogP contribution is -2.33. The standard InChI is InChI=1S/C14H26N2O4/c1-4-15-12(17)6-5-7-13(18)16-9-11(14(19)20)8-10(2)3/h10-11H,4-9H2,1-3H3,(H,15,17)(H,16,18)(H,19,20). The second kappa shape index (κ2) is 10.2. The fourth-order valence-corrected chi connectivity index (χ4v) is 1.86. The number of carbonyl (C=O) groups excluding carboxylic acids is 2. The Labute approximate surface area is 120 Å². The van der Waals surface area contributed by atoms with Crippen LogP contribution < -0.4 is 10.6 Å². The van der Waals surface area contributed by atoms with Crippen molar-refractivity contribution in [2.75, 3.05) is 13.1 Å². The first-order valence-electron chi connectivity index (χ1n) is 7.13. The first-order valence-corrected chi connectivity index (χ1v) is 7.13. The minimum Gasteiger partial charge on any atom is -0.481 e. The Hall–Kier alpha value is -1.59.